The third kappa shape index (κ3) is 4.20. The maximum atomic E-state index is 10.3. The van der Waals surface area contributed by atoms with E-state index in [0.29, 0.717) is 12.0 Å². The minimum absolute atomic E-state index is 0.223. The molecule has 0 spiro atoms. The van der Waals surface area contributed by atoms with Crippen LogP contribution in [0.25, 0.3) is 0 Å². The zero-order chi connectivity index (χ0) is 11.3. The summed E-state index contributed by atoms with van der Waals surface area (Å²) in [6.45, 7) is 6.10. The number of carboxylic acids is 1. The van der Waals surface area contributed by atoms with Crippen LogP contribution >= 0.6 is 0 Å². The smallest absolute Gasteiger partial charge is 0.304 e. The molecule has 1 aliphatic carbocycles. The lowest BCUT2D eigenvalue weighted by atomic mass is 9.78. The van der Waals surface area contributed by atoms with Gasteiger partial charge < -0.3 is 10.4 Å². The molecule has 0 atom stereocenters. The summed E-state index contributed by atoms with van der Waals surface area (Å²) >= 11 is 0. The van der Waals surface area contributed by atoms with Crippen molar-refractivity contribution in [3.05, 3.63) is 0 Å². The predicted octanol–water partition coefficient (Wildman–Crippen LogP) is 2.27. The van der Waals surface area contributed by atoms with Crippen LogP contribution in [0, 0.1) is 11.3 Å². The summed E-state index contributed by atoms with van der Waals surface area (Å²) in [4.78, 5) is 10.3. The van der Waals surface area contributed by atoms with Crippen LogP contribution < -0.4 is 5.32 Å². The van der Waals surface area contributed by atoms with Crippen LogP contribution in [0.15, 0.2) is 0 Å². The van der Waals surface area contributed by atoms with Crippen LogP contribution in [0.5, 0.6) is 0 Å². The molecule has 0 heterocycles. The molecule has 3 nitrogen and oxygen atoms in total. The number of carboxylic acid groups (broad SMARTS) is 1. The van der Waals surface area contributed by atoms with Crippen molar-refractivity contribution >= 4 is 5.97 Å². The van der Waals surface area contributed by atoms with Crippen molar-refractivity contribution in [2.24, 2.45) is 11.3 Å². The number of rotatable bonds is 6. The van der Waals surface area contributed by atoms with E-state index in [2.05, 4.69) is 19.2 Å². The number of nitrogens with one attached hydrogen (secondary N) is 1. The van der Waals surface area contributed by atoms with E-state index in [1.807, 2.05) is 0 Å². The van der Waals surface area contributed by atoms with Crippen LogP contribution in [0.1, 0.15) is 46.0 Å². The number of aliphatic carboxylic acids is 1. The lowest BCUT2D eigenvalue weighted by molar-refractivity contribution is -0.136. The van der Waals surface area contributed by atoms with Crippen molar-refractivity contribution in [1.29, 1.82) is 0 Å². The Morgan fingerprint density at radius 3 is 2.53 bits per heavy atom. The van der Waals surface area contributed by atoms with Gasteiger partial charge in [-0.2, -0.15) is 0 Å². The Labute approximate surface area is 92.3 Å². The lowest BCUT2D eigenvalue weighted by Gasteiger charge is -2.31. The van der Waals surface area contributed by atoms with Gasteiger partial charge in [-0.15, -0.1) is 0 Å². The lowest BCUT2D eigenvalue weighted by Crippen LogP contribution is -2.35. The summed E-state index contributed by atoms with van der Waals surface area (Å²) in [6, 6.07) is 0. The second-order valence-electron chi connectivity index (χ2n) is 5.29. The largest absolute Gasteiger partial charge is 0.481 e. The SMILES string of the molecule is CC(C)(CNCCC(=O)O)C1CCCC1. The van der Waals surface area contributed by atoms with Gasteiger partial charge in [0.25, 0.3) is 0 Å². The Balaban J connectivity index is 2.20. The maximum absolute atomic E-state index is 10.3. The molecule has 1 saturated carbocycles. The molecule has 3 heteroatoms. The van der Waals surface area contributed by atoms with Gasteiger partial charge >= 0.3 is 5.97 Å². The Hall–Kier alpha value is -0.570. The minimum Gasteiger partial charge on any atom is -0.481 e. The molecule has 0 radical (unpaired) electrons. The van der Waals surface area contributed by atoms with E-state index in [1.165, 1.54) is 25.7 Å². The van der Waals surface area contributed by atoms with Gasteiger partial charge in [0.15, 0.2) is 0 Å². The average molecular weight is 213 g/mol. The van der Waals surface area contributed by atoms with E-state index in [0.717, 1.165) is 12.5 Å². The molecule has 0 unspecified atom stereocenters. The summed E-state index contributed by atoms with van der Waals surface area (Å²) in [6.07, 6.45) is 5.63. The van der Waals surface area contributed by atoms with Gasteiger partial charge in [0, 0.05) is 13.1 Å². The molecular weight excluding hydrogens is 190 g/mol. The second kappa shape index (κ2) is 5.50. The molecule has 0 amide bonds. The van der Waals surface area contributed by atoms with Crippen molar-refractivity contribution in [2.75, 3.05) is 13.1 Å². The minimum atomic E-state index is -0.721. The fourth-order valence-electron chi connectivity index (χ4n) is 2.46. The van der Waals surface area contributed by atoms with Gasteiger partial charge in [0.1, 0.15) is 0 Å². The van der Waals surface area contributed by atoms with E-state index in [1.54, 1.807) is 0 Å². The van der Waals surface area contributed by atoms with Crippen LogP contribution in [0.2, 0.25) is 0 Å². The highest BCUT2D eigenvalue weighted by Crippen LogP contribution is 2.38. The Morgan fingerprint density at radius 2 is 2.00 bits per heavy atom. The van der Waals surface area contributed by atoms with Crippen molar-refractivity contribution in [2.45, 2.75) is 46.0 Å². The number of hydrogen-bond acceptors (Lipinski definition) is 2. The van der Waals surface area contributed by atoms with Gasteiger partial charge in [0.05, 0.1) is 6.42 Å². The highest BCUT2D eigenvalue weighted by atomic mass is 16.4. The molecule has 1 fully saturated rings. The molecule has 88 valence electrons. The van der Waals surface area contributed by atoms with Gasteiger partial charge in [-0.25, -0.2) is 0 Å². The Kier molecular flexibility index (Phi) is 4.58. The van der Waals surface area contributed by atoms with Gasteiger partial charge in [-0.3, -0.25) is 4.79 Å². The second-order valence-corrected chi connectivity index (χ2v) is 5.29. The Bertz CT molecular complexity index is 208. The van der Waals surface area contributed by atoms with Gasteiger partial charge in [-0.1, -0.05) is 26.7 Å². The number of hydrogen-bond donors (Lipinski definition) is 2. The number of carbonyl (C=O) groups is 1. The fraction of sp³-hybridized carbons (Fsp3) is 0.917. The summed E-state index contributed by atoms with van der Waals surface area (Å²) in [5.74, 6) is 0.0935. The molecular formula is C12H23NO2. The average Bonchev–Trinajstić information content (AvgIpc) is 2.65. The van der Waals surface area contributed by atoms with Crippen molar-refractivity contribution in [3.63, 3.8) is 0 Å². The first kappa shape index (κ1) is 12.5. The third-order valence-electron chi connectivity index (χ3n) is 3.56. The van der Waals surface area contributed by atoms with Crippen LogP contribution in [0.4, 0.5) is 0 Å². The zero-order valence-corrected chi connectivity index (χ0v) is 9.88. The van der Waals surface area contributed by atoms with Crippen molar-refractivity contribution < 1.29 is 9.90 Å². The van der Waals surface area contributed by atoms with Crippen LogP contribution in [-0.4, -0.2) is 24.2 Å². The predicted molar refractivity (Wildman–Crippen MR) is 60.9 cm³/mol. The zero-order valence-electron chi connectivity index (χ0n) is 9.88. The molecule has 0 bridgehead atoms. The van der Waals surface area contributed by atoms with E-state index in [9.17, 15) is 4.79 Å². The van der Waals surface area contributed by atoms with Gasteiger partial charge in [0.2, 0.25) is 0 Å². The quantitative estimate of drug-likeness (QED) is 0.665. The molecule has 1 aliphatic rings. The summed E-state index contributed by atoms with van der Waals surface area (Å²) in [7, 11) is 0. The van der Waals surface area contributed by atoms with E-state index >= 15 is 0 Å². The first-order chi connectivity index (χ1) is 7.02. The highest BCUT2D eigenvalue weighted by molar-refractivity contribution is 5.66. The molecule has 0 aromatic heterocycles. The van der Waals surface area contributed by atoms with Crippen LogP contribution in [0.3, 0.4) is 0 Å². The van der Waals surface area contributed by atoms with Crippen molar-refractivity contribution in [3.8, 4) is 0 Å². The van der Waals surface area contributed by atoms with E-state index < -0.39 is 5.97 Å². The summed E-state index contributed by atoms with van der Waals surface area (Å²) in [5.41, 5.74) is 0.314. The first-order valence-corrected chi connectivity index (χ1v) is 5.95. The summed E-state index contributed by atoms with van der Waals surface area (Å²) in [5, 5.41) is 11.8. The Morgan fingerprint density at radius 1 is 1.40 bits per heavy atom. The summed E-state index contributed by atoms with van der Waals surface area (Å²) < 4.78 is 0. The maximum Gasteiger partial charge on any atom is 0.304 e. The normalized spacial score (nSPS) is 18.3. The fourth-order valence-corrected chi connectivity index (χ4v) is 2.46. The molecule has 0 aromatic rings. The molecule has 0 aromatic carbocycles. The van der Waals surface area contributed by atoms with Gasteiger partial charge in [-0.05, 0) is 24.2 Å². The molecule has 2 N–H and O–H groups in total. The van der Waals surface area contributed by atoms with E-state index in [4.69, 9.17) is 5.11 Å². The molecule has 15 heavy (non-hydrogen) atoms. The van der Waals surface area contributed by atoms with E-state index in [-0.39, 0.29) is 6.42 Å². The topological polar surface area (TPSA) is 49.3 Å². The molecule has 1 rings (SSSR count). The highest BCUT2D eigenvalue weighted by Gasteiger charge is 2.31. The standard InChI is InChI=1S/C12H23NO2/c1-12(2,10-5-3-4-6-10)9-13-8-7-11(14)15/h10,13H,3-9H2,1-2H3,(H,14,15). The van der Waals surface area contributed by atoms with Crippen LogP contribution in [-0.2, 0) is 4.79 Å². The monoisotopic (exact) mass is 213 g/mol. The van der Waals surface area contributed by atoms with Crippen molar-refractivity contribution in [1.82, 2.24) is 5.32 Å². The first-order valence-electron chi connectivity index (χ1n) is 5.95. The molecule has 0 saturated heterocycles. The molecule has 0 aliphatic heterocycles. The third-order valence-corrected chi connectivity index (χ3v) is 3.56.